The molecule has 1 fully saturated rings. The first kappa shape index (κ1) is 8.71. The fraction of sp³-hybridized carbons (Fsp3) is 0.455. The number of rotatable bonds is 2. The highest BCUT2D eigenvalue weighted by molar-refractivity contribution is 5.46. The predicted octanol–water partition coefficient (Wildman–Crippen LogP) is 1.65. The molecule has 0 unspecified atom stereocenters. The van der Waals surface area contributed by atoms with E-state index in [0.29, 0.717) is 11.2 Å². The fourth-order valence-corrected chi connectivity index (χ4v) is 1.91. The monoisotopic (exact) mass is 202 g/mol. The van der Waals surface area contributed by atoms with Crippen molar-refractivity contribution in [2.75, 3.05) is 5.73 Å². The normalized spacial score (nSPS) is 18.2. The molecule has 0 radical (unpaired) electrons. The van der Waals surface area contributed by atoms with Crippen LogP contribution in [0.1, 0.15) is 25.5 Å². The lowest BCUT2D eigenvalue weighted by molar-refractivity contribution is 0.561. The van der Waals surface area contributed by atoms with Crippen LogP contribution >= 0.6 is 0 Å². The fourth-order valence-electron chi connectivity index (χ4n) is 1.91. The van der Waals surface area contributed by atoms with Crippen molar-refractivity contribution in [3.8, 4) is 0 Å². The maximum atomic E-state index is 5.90. The lowest BCUT2D eigenvalue weighted by Gasteiger charge is -2.08. The molecule has 0 amide bonds. The van der Waals surface area contributed by atoms with E-state index < -0.39 is 0 Å². The summed E-state index contributed by atoms with van der Waals surface area (Å²) in [6, 6.07) is 3.82. The van der Waals surface area contributed by atoms with Crippen LogP contribution in [-0.2, 0) is 6.42 Å². The van der Waals surface area contributed by atoms with Gasteiger partial charge in [-0.25, -0.2) is 4.98 Å². The molecule has 1 aliphatic carbocycles. The van der Waals surface area contributed by atoms with Crippen LogP contribution in [0.4, 0.5) is 5.82 Å². The third-order valence-electron chi connectivity index (χ3n) is 3.15. The maximum absolute atomic E-state index is 5.90. The molecule has 0 aliphatic heterocycles. The van der Waals surface area contributed by atoms with E-state index in [9.17, 15) is 0 Å². The van der Waals surface area contributed by atoms with Crippen molar-refractivity contribution < 1.29 is 0 Å². The molecule has 0 bridgehead atoms. The van der Waals surface area contributed by atoms with Gasteiger partial charge in [-0.15, -0.1) is 0 Å². The van der Waals surface area contributed by atoms with Gasteiger partial charge in [0, 0.05) is 17.8 Å². The van der Waals surface area contributed by atoms with E-state index >= 15 is 0 Å². The molecule has 1 saturated carbocycles. The smallest absolute Gasteiger partial charge is 0.157 e. The molecule has 15 heavy (non-hydrogen) atoms. The van der Waals surface area contributed by atoms with Gasteiger partial charge in [-0.05, 0) is 24.7 Å². The molecule has 0 spiro atoms. The van der Waals surface area contributed by atoms with E-state index in [1.54, 1.807) is 10.7 Å². The summed E-state index contributed by atoms with van der Waals surface area (Å²) in [7, 11) is 0. The van der Waals surface area contributed by atoms with E-state index in [4.69, 9.17) is 5.73 Å². The van der Waals surface area contributed by atoms with E-state index in [1.165, 1.54) is 12.8 Å². The predicted molar refractivity (Wildman–Crippen MR) is 58.4 cm³/mol. The van der Waals surface area contributed by atoms with E-state index in [1.807, 2.05) is 12.1 Å². The lowest BCUT2D eigenvalue weighted by atomic mass is 10.0. The zero-order chi connectivity index (χ0) is 10.5. The zero-order valence-electron chi connectivity index (χ0n) is 8.77. The van der Waals surface area contributed by atoms with Gasteiger partial charge in [0.25, 0.3) is 0 Å². The molecule has 0 aromatic carbocycles. The number of hydrogen-bond acceptors (Lipinski definition) is 3. The van der Waals surface area contributed by atoms with Gasteiger partial charge in [0.1, 0.15) is 5.82 Å². The third kappa shape index (κ3) is 1.46. The van der Waals surface area contributed by atoms with Gasteiger partial charge in [-0.1, -0.05) is 6.92 Å². The van der Waals surface area contributed by atoms with Crippen LogP contribution in [0.15, 0.2) is 18.3 Å². The highest BCUT2D eigenvalue weighted by atomic mass is 15.3. The Morgan fingerprint density at radius 3 is 3.07 bits per heavy atom. The quantitative estimate of drug-likeness (QED) is 0.805. The number of nitrogens with zero attached hydrogens (tertiary/aromatic N) is 3. The summed E-state index contributed by atoms with van der Waals surface area (Å²) in [6.45, 7) is 2.30. The number of fused-ring (bicyclic) bond motifs is 1. The topological polar surface area (TPSA) is 56.2 Å². The van der Waals surface area contributed by atoms with E-state index in [2.05, 4.69) is 17.0 Å². The Kier molecular flexibility index (Phi) is 1.58. The van der Waals surface area contributed by atoms with Gasteiger partial charge in [-0.3, -0.25) is 0 Å². The maximum Gasteiger partial charge on any atom is 0.157 e. The highest BCUT2D eigenvalue weighted by Crippen LogP contribution is 2.47. The molecule has 0 saturated heterocycles. The summed E-state index contributed by atoms with van der Waals surface area (Å²) in [5.41, 5.74) is 8.30. The lowest BCUT2D eigenvalue weighted by Crippen LogP contribution is -2.06. The Hall–Kier alpha value is -1.58. The minimum atomic E-state index is 0.470. The van der Waals surface area contributed by atoms with Gasteiger partial charge in [-0.2, -0.15) is 9.61 Å². The van der Waals surface area contributed by atoms with Crippen molar-refractivity contribution in [3.63, 3.8) is 0 Å². The minimum Gasteiger partial charge on any atom is -0.384 e. The van der Waals surface area contributed by atoms with Crippen molar-refractivity contribution in [1.29, 1.82) is 0 Å². The summed E-state index contributed by atoms with van der Waals surface area (Å²) in [6.07, 6.45) is 5.36. The first-order valence-corrected chi connectivity index (χ1v) is 5.25. The molecule has 2 aromatic rings. The summed E-state index contributed by atoms with van der Waals surface area (Å²) >= 11 is 0. The Morgan fingerprint density at radius 1 is 1.53 bits per heavy atom. The number of aromatic nitrogens is 3. The molecule has 4 heteroatoms. The van der Waals surface area contributed by atoms with Crippen LogP contribution < -0.4 is 5.73 Å². The van der Waals surface area contributed by atoms with Crippen LogP contribution in [0.25, 0.3) is 5.65 Å². The molecular formula is C11H14N4. The summed E-state index contributed by atoms with van der Waals surface area (Å²) in [5.74, 6) is 0.671. The Morgan fingerprint density at radius 2 is 2.33 bits per heavy atom. The molecule has 78 valence electrons. The highest BCUT2D eigenvalue weighted by Gasteiger charge is 2.37. The van der Waals surface area contributed by atoms with E-state index in [-0.39, 0.29) is 0 Å². The van der Waals surface area contributed by atoms with Gasteiger partial charge >= 0.3 is 0 Å². The first-order chi connectivity index (χ1) is 7.16. The molecule has 2 N–H and O–H groups in total. The average Bonchev–Trinajstić information content (AvgIpc) is 2.73. The van der Waals surface area contributed by atoms with Crippen molar-refractivity contribution >= 4 is 11.5 Å². The first-order valence-electron chi connectivity index (χ1n) is 5.25. The summed E-state index contributed by atoms with van der Waals surface area (Å²) in [5, 5.41) is 4.10. The molecule has 3 rings (SSSR count). The molecule has 1 aliphatic rings. The van der Waals surface area contributed by atoms with Crippen LogP contribution in [0.5, 0.6) is 0 Å². The van der Waals surface area contributed by atoms with Crippen molar-refractivity contribution in [2.24, 2.45) is 5.41 Å². The largest absolute Gasteiger partial charge is 0.384 e. The molecule has 0 atom stereocenters. The van der Waals surface area contributed by atoms with Crippen LogP contribution in [-0.4, -0.2) is 14.6 Å². The van der Waals surface area contributed by atoms with Gasteiger partial charge in [0.15, 0.2) is 5.65 Å². The van der Waals surface area contributed by atoms with Gasteiger partial charge < -0.3 is 5.73 Å². The second-order valence-electron chi connectivity index (χ2n) is 4.76. The SMILES string of the molecule is CC1(Cc2cc(N)n3nccc3n2)CC1. The second kappa shape index (κ2) is 2.72. The van der Waals surface area contributed by atoms with E-state index in [0.717, 1.165) is 17.8 Å². The van der Waals surface area contributed by atoms with Gasteiger partial charge in [0.05, 0.1) is 6.20 Å². The second-order valence-corrected chi connectivity index (χ2v) is 4.76. The molecular weight excluding hydrogens is 188 g/mol. The molecule has 2 aromatic heterocycles. The molecule has 4 nitrogen and oxygen atoms in total. The third-order valence-corrected chi connectivity index (χ3v) is 3.15. The van der Waals surface area contributed by atoms with Crippen molar-refractivity contribution in [2.45, 2.75) is 26.2 Å². The number of anilines is 1. The van der Waals surface area contributed by atoms with Gasteiger partial charge in [0.2, 0.25) is 0 Å². The van der Waals surface area contributed by atoms with Crippen LogP contribution in [0.2, 0.25) is 0 Å². The standard InChI is InChI=1S/C11H14N4/c1-11(3-4-11)7-8-6-9(12)15-10(14-8)2-5-13-15/h2,5-6H,3-4,7,12H2,1H3. The zero-order valence-corrected chi connectivity index (χ0v) is 8.77. The average molecular weight is 202 g/mol. The van der Waals surface area contributed by atoms with Crippen molar-refractivity contribution in [3.05, 3.63) is 24.0 Å². The van der Waals surface area contributed by atoms with Crippen LogP contribution in [0, 0.1) is 5.41 Å². The minimum absolute atomic E-state index is 0.470. The number of nitrogens with two attached hydrogens (primary N) is 1. The number of nitrogen functional groups attached to an aromatic ring is 1. The Balaban J connectivity index is 2.04. The summed E-state index contributed by atoms with van der Waals surface area (Å²) < 4.78 is 1.67. The van der Waals surface area contributed by atoms with Crippen LogP contribution in [0.3, 0.4) is 0 Å². The summed E-state index contributed by atoms with van der Waals surface area (Å²) in [4.78, 5) is 4.54. The Bertz CT molecular complexity index is 510. The molecule has 2 heterocycles. The van der Waals surface area contributed by atoms with Crippen molar-refractivity contribution in [1.82, 2.24) is 14.6 Å². The number of hydrogen-bond donors (Lipinski definition) is 1. The Labute approximate surface area is 88.1 Å².